The molecule has 0 unspecified atom stereocenters. The molecule has 5 nitrogen and oxygen atoms in total. The molecule has 0 aliphatic heterocycles. The van der Waals surface area contributed by atoms with Crippen LogP contribution >= 0.6 is 11.6 Å². The van der Waals surface area contributed by atoms with Crippen molar-refractivity contribution in [3.8, 4) is 6.07 Å². The Kier molecular flexibility index (Phi) is 3.68. The highest BCUT2D eigenvalue weighted by atomic mass is 35.5. The van der Waals surface area contributed by atoms with Gasteiger partial charge in [-0.25, -0.2) is 8.78 Å². The first-order valence-corrected chi connectivity index (χ1v) is 4.47. The van der Waals surface area contributed by atoms with Gasteiger partial charge in [0.05, 0.1) is 5.88 Å². The van der Waals surface area contributed by atoms with Gasteiger partial charge in [-0.2, -0.15) is 5.26 Å². The van der Waals surface area contributed by atoms with Gasteiger partial charge < -0.3 is 10.1 Å². The summed E-state index contributed by atoms with van der Waals surface area (Å²) in [5.74, 6) is -1.09. The Morgan fingerprint density at radius 1 is 1.69 bits per heavy atom. The van der Waals surface area contributed by atoms with E-state index in [2.05, 4.69) is 4.98 Å². The van der Waals surface area contributed by atoms with E-state index in [0.717, 1.165) is 0 Å². The number of hydrogen-bond acceptors (Lipinski definition) is 4. The predicted molar refractivity (Wildman–Crippen MR) is 50.1 cm³/mol. The van der Waals surface area contributed by atoms with Gasteiger partial charge in [0.15, 0.2) is 5.69 Å². The van der Waals surface area contributed by atoms with Crippen molar-refractivity contribution in [2.75, 3.05) is 0 Å². The van der Waals surface area contributed by atoms with E-state index in [0.29, 0.717) is 6.07 Å². The average Bonchev–Trinajstić information content (AvgIpc) is 2.26. The summed E-state index contributed by atoms with van der Waals surface area (Å²) in [6, 6.07) is 2.10. The zero-order chi connectivity index (χ0) is 12.3. The summed E-state index contributed by atoms with van der Waals surface area (Å²) < 4.78 is 25.1. The fourth-order valence-corrected chi connectivity index (χ4v) is 1.29. The van der Waals surface area contributed by atoms with Crippen LogP contribution in [-0.2, 0) is 5.88 Å². The molecule has 0 saturated carbocycles. The van der Waals surface area contributed by atoms with Crippen molar-refractivity contribution in [2.24, 2.45) is 0 Å². The molecule has 8 heteroatoms. The maximum atomic E-state index is 12.5. The summed E-state index contributed by atoms with van der Waals surface area (Å²) in [5, 5.41) is 19.1. The highest BCUT2D eigenvalue weighted by Crippen LogP contribution is 2.28. The molecular formula is C8H4ClF2N3O2. The van der Waals surface area contributed by atoms with Gasteiger partial charge in [0.2, 0.25) is 0 Å². The molecule has 1 rings (SSSR count). The molecule has 1 heterocycles. The lowest BCUT2D eigenvalue weighted by molar-refractivity contribution is -0.389. The number of pyridine rings is 1. The first-order valence-electron chi connectivity index (χ1n) is 3.93. The standard InChI is InChI=1S/C8H4ClF2N3O2/c9-2-6-5(3-12)4(8(10)11)1-7(13-6)14(15)16/h1,8H,2H2. The van der Waals surface area contributed by atoms with Crippen LogP contribution in [-0.4, -0.2) is 9.91 Å². The zero-order valence-electron chi connectivity index (χ0n) is 7.65. The summed E-state index contributed by atoms with van der Waals surface area (Å²) in [5.41, 5.74) is -1.34. The van der Waals surface area contributed by atoms with E-state index in [1.54, 1.807) is 0 Å². The van der Waals surface area contributed by atoms with Crippen molar-refractivity contribution in [1.82, 2.24) is 4.98 Å². The summed E-state index contributed by atoms with van der Waals surface area (Å²) >= 11 is 5.38. The monoisotopic (exact) mass is 247 g/mol. The van der Waals surface area contributed by atoms with Gasteiger partial charge in [0.1, 0.15) is 11.6 Å². The Hall–Kier alpha value is -1.81. The molecule has 1 aromatic heterocycles. The van der Waals surface area contributed by atoms with Crippen molar-refractivity contribution in [3.05, 3.63) is 33.0 Å². The summed E-state index contributed by atoms with van der Waals surface area (Å²) in [6.07, 6.45) is -2.99. The van der Waals surface area contributed by atoms with Crippen LogP contribution in [0.4, 0.5) is 14.6 Å². The van der Waals surface area contributed by atoms with Crippen molar-refractivity contribution >= 4 is 17.4 Å². The number of halogens is 3. The number of nitriles is 1. The Balaban J connectivity index is 3.51. The SMILES string of the molecule is N#Cc1c(C(F)F)cc([N+](=O)[O-])nc1CCl. The fourth-order valence-electron chi connectivity index (χ4n) is 1.10. The summed E-state index contributed by atoms with van der Waals surface area (Å²) in [6.45, 7) is 0. The Morgan fingerprint density at radius 2 is 2.31 bits per heavy atom. The zero-order valence-corrected chi connectivity index (χ0v) is 8.41. The fraction of sp³-hybridized carbons (Fsp3) is 0.250. The third-order valence-electron chi connectivity index (χ3n) is 1.77. The maximum Gasteiger partial charge on any atom is 0.364 e. The molecule has 1 aromatic rings. The second-order valence-corrected chi connectivity index (χ2v) is 2.96. The molecule has 0 saturated heterocycles. The molecule has 0 radical (unpaired) electrons. The lowest BCUT2D eigenvalue weighted by Gasteiger charge is -2.03. The van der Waals surface area contributed by atoms with E-state index in [4.69, 9.17) is 16.9 Å². The van der Waals surface area contributed by atoms with Gasteiger partial charge >= 0.3 is 5.82 Å². The first-order chi connectivity index (χ1) is 7.51. The Bertz CT molecular complexity index is 473. The lowest BCUT2D eigenvalue weighted by Crippen LogP contribution is -2.03. The van der Waals surface area contributed by atoms with Crippen LogP contribution < -0.4 is 0 Å². The van der Waals surface area contributed by atoms with Gasteiger partial charge in [-0.15, -0.1) is 11.6 Å². The number of hydrogen-bond donors (Lipinski definition) is 0. The van der Waals surface area contributed by atoms with Crippen LogP contribution in [0.2, 0.25) is 0 Å². The minimum Gasteiger partial charge on any atom is -0.358 e. The van der Waals surface area contributed by atoms with Gasteiger partial charge in [0, 0.05) is 11.6 Å². The Labute approximate surface area is 93.4 Å². The number of nitro groups is 1. The van der Waals surface area contributed by atoms with E-state index >= 15 is 0 Å². The highest BCUT2D eigenvalue weighted by molar-refractivity contribution is 6.17. The van der Waals surface area contributed by atoms with E-state index in [-0.39, 0.29) is 11.6 Å². The van der Waals surface area contributed by atoms with Crippen LogP contribution in [0.1, 0.15) is 23.2 Å². The van der Waals surface area contributed by atoms with Crippen LogP contribution in [0.15, 0.2) is 6.07 Å². The molecule has 0 N–H and O–H groups in total. The topological polar surface area (TPSA) is 79.8 Å². The number of rotatable bonds is 3. The molecule has 84 valence electrons. The minimum absolute atomic E-state index is 0.214. The Morgan fingerprint density at radius 3 is 2.69 bits per heavy atom. The second kappa shape index (κ2) is 4.81. The van der Waals surface area contributed by atoms with Crippen LogP contribution in [0.3, 0.4) is 0 Å². The molecule has 0 atom stereocenters. The second-order valence-electron chi connectivity index (χ2n) is 2.69. The van der Waals surface area contributed by atoms with E-state index in [9.17, 15) is 18.9 Å². The van der Waals surface area contributed by atoms with Crippen LogP contribution in [0.25, 0.3) is 0 Å². The van der Waals surface area contributed by atoms with Crippen LogP contribution in [0.5, 0.6) is 0 Å². The van der Waals surface area contributed by atoms with Gasteiger partial charge in [-0.05, 0) is 9.91 Å². The largest absolute Gasteiger partial charge is 0.364 e. The molecule has 0 fully saturated rings. The molecule has 0 aromatic carbocycles. The van der Waals surface area contributed by atoms with Crippen LogP contribution in [0, 0.1) is 21.4 Å². The molecule has 0 amide bonds. The number of alkyl halides is 3. The quantitative estimate of drug-likeness (QED) is 0.467. The van der Waals surface area contributed by atoms with Crippen molar-refractivity contribution in [2.45, 2.75) is 12.3 Å². The lowest BCUT2D eigenvalue weighted by atomic mass is 10.1. The average molecular weight is 248 g/mol. The maximum absolute atomic E-state index is 12.5. The smallest absolute Gasteiger partial charge is 0.358 e. The van der Waals surface area contributed by atoms with E-state index in [1.165, 1.54) is 6.07 Å². The number of aromatic nitrogens is 1. The molecular weight excluding hydrogens is 244 g/mol. The number of nitrogens with zero attached hydrogens (tertiary/aromatic N) is 3. The molecule has 0 spiro atoms. The normalized spacial score (nSPS) is 10.2. The molecule has 16 heavy (non-hydrogen) atoms. The third-order valence-corrected chi connectivity index (χ3v) is 2.03. The third kappa shape index (κ3) is 2.23. The molecule has 0 aliphatic rings. The molecule has 0 aliphatic carbocycles. The van der Waals surface area contributed by atoms with Gasteiger partial charge in [0.25, 0.3) is 6.43 Å². The molecule has 0 bridgehead atoms. The first kappa shape index (κ1) is 12.3. The van der Waals surface area contributed by atoms with Crippen molar-refractivity contribution in [3.63, 3.8) is 0 Å². The van der Waals surface area contributed by atoms with Crippen molar-refractivity contribution < 1.29 is 13.7 Å². The van der Waals surface area contributed by atoms with E-state index < -0.39 is 28.3 Å². The van der Waals surface area contributed by atoms with E-state index in [1.807, 2.05) is 0 Å². The van der Waals surface area contributed by atoms with Gasteiger partial charge in [-0.3, -0.25) is 0 Å². The summed E-state index contributed by atoms with van der Waals surface area (Å²) in [4.78, 5) is 12.9. The van der Waals surface area contributed by atoms with Gasteiger partial charge in [-0.1, -0.05) is 0 Å². The minimum atomic E-state index is -2.99. The highest BCUT2D eigenvalue weighted by Gasteiger charge is 2.24. The van der Waals surface area contributed by atoms with Crippen molar-refractivity contribution in [1.29, 1.82) is 5.26 Å². The predicted octanol–water partition coefficient (Wildman–Crippen LogP) is 2.54. The summed E-state index contributed by atoms with van der Waals surface area (Å²) in [7, 11) is 0.